The van der Waals surface area contributed by atoms with E-state index >= 15 is 0 Å². The third-order valence-corrected chi connectivity index (χ3v) is 3.83. The van der Waals surface area contributed by atoms with E-state index in [4.69, 9.17) is 5.26 Å². The van der Waals surface area contributed by atoms with Crippen LogP contribution in [0, 0.1) is 11.3 Å². The largest absolute Gasteiger partial charge is 0.304 e. The van der Waals surface area contributed by atoms with Crippen molar-refractivity contribution in [1.29, 1.82) is 5.26 Å². The first-order valence-electron chi connectivity index (χ1n) is 7.78. The fourth-order valence-electron chi connectivity index (χ4n) is 2.70. The Morgan fingerprint density at radius 2 is 1.92 bits per heavy atom. The molecule has 118 valence electrons. The molecule has 0 aliphatic carbocycles. The van der Waals surface area contributed by atoms with Gasteiger partial charge in [-0.1, -0.05) is 24.3 Å². The Morgan fingerprint density at radius 1 is 1.12 bits per heavy atom. The monoisotopic (exact) mass is 315 g/mol. The molecule has 2 aromatic carbocycles. The third-order valence-electron chi connectivity index (χ3n) is 3.83. The molecule has 1 heterocycles. The molecule has 1 aromatic heterocycles. The van der Waals surface area contributed by atoms with Gasteiger partial charge in [-0.25, -0.2) is 0 Å². The van der Waals surface area contributed by atoms with Crippen LogP contribution < -0.4 is 4.90 Å². The van der Waals surface area contributed by atoms with Gasteiger partial charge in [0.05, 0.1) is 29.0 Å². The van der Waals surface area contributed by atoms with Crippen molar-refractivity contribution in [3.8, 4) is 6.07 Å². The zero-order valence-electron chi connectivity index (χ0n) is 13.6. The van der Waals surface area contributed by atoms with Crippen LogP contribution in [-0.2, 0) is 0 Å². The maximum Gasteiger partial charge on any atom is 0.258 e. The Morgan fingerprint density at radius 3 is 2.67 bits per heavy atom. The Balaban J connectivity index is 2.05. The molecular weight excluding hydrogens is 298 g/mol. The van der Waals surface area contributed by atoms with Gasteiger partial charge in [0.1, 0.15) is 0 Å². The molecule has 0 fully saturated rings. The van der Waals surface area contributed by atoms with Gasteiger partial charge in [0.15, 0.2) is 0 Å². The number of fused-ring (bicyclic) bond motifs is 1. The summed E-state index contributed by atoms with van der Waals surface area (Å²) in [5.41, 5.74) is 2.61. The lowest BCUT2D eigenvalue weighted by atomic mass is 10.1. The van der Waals surface area contributed by atoms with Gasteiger partial charge in [-0.15, -0.1) is 0 Å². The van der Waals surface area contributed by atoms with Crippen molar-refractivity contribution in [2.24, 2.45) is 0 Å². The smallest absolute Gasteiger partial charge is 0.258 e. The number of pyridine rings is 1. The molecule has 0 unspecified atom stereocenters. The summed E-state index contributed by atoms with van der Waals surface area (Å²) >= 11 is 0. The minimum Gasteiger partial charge on any atom is -0.304 e. The normalized spacial score (nSPS) is 10.6. The van der Waals surface area contributed by atoms with E-state index in [0.29, 0.717) is 11.1 Å². The number of benzene rings is 2. The molecule has 0 radical (unpaired) electrons. The zero-order chi connectivity index (χ0) is 17.1. The number of hydrogen-bond acceptors (Lipinski definition) is 3. The molecule has 3 rings (SSSR count). The van der Waals surface area contributed by atoms with Crippen LogP contribution in [0.1, 0.15) is 29.8 Å². The number of hydrogen-bond donors (Lipinski definition) is 0. The highest BCUT2D eigenvalue weighted by molar-refractivity contribution is 6.07. The number of anilines is 1. The van der Waals surface area contributed by atoms with Gasteiger partial charge in [-0.05, 0) is 44.2 Å². The van der Waals surface area contributed by atoms with E-state index < -0.39 is 0 Å². The third kappa shape index (κ3) is 2.97. The fraction of sp³-hybridized carbons (Fsp3) is 0.150. The molecule has 3 aromatic rings. The van der Waals surface area contributed by atoms with Crippen LogP contribution in [0.25, 0.3) is 10.9 Å². The summed E-state index contributed by atoms with van der Waals surface area (Å²) in [6.45, 7) is 3.92. The molecule has 0 aliphatic heterocycles. The van der Waals surface area contributed by atoms with Crippen LogP contribution in [0.3, 0.4) is 0 Å². The van der Waals surface area contributed by atoms with E-state index in [1.54, 1.807) is 35.4 Å². The lowest BCUT2D eigenvalue weighted by Gasteiger charge is -2.27. The standard InChI is InChI=1S/C20H17N3O/c1-14(2)23(20(24)17-8-5-6-15(10-17)12-21)18-11-16-7-3-4-9-19(16)22-13-18/h3-11,13-14H,1-2H3. The summed E-state index contributed by atoms with van der Waals surface area (Å²) in [6, 6.07) is 18.6. The van der Waals surface area contributed by atoms with Crippen molar-refractivity contribution in [3.63, 3.8) is 0 Å². The fourth-order valence-corrected chi connectivity index (χ4v) is 2.70. The molecule has 0 saturated carbocycles. The maximum absolute atomic E-state index is 13.0. The maximum atomic E-state index is 13.0. The molecule has 1 amide bonds. The highest BCUT2D eigenvalue weighted by Crippen LogP contribution is 2.23. The van der Waals surface area contributed by atoms with E-state index in [2.05, 4.69) is 11.1 Å². The number of nitrogens with zero attached hydrogens (tertiary/aromatic N) is 3. The molecule has 0 atom stereocenters. The highest BCUT2D eigenvalue weighted by Gasteiger charge is 2.21. The quantitative estimate of drug-likeness (QED) is 0.729. The second-order valence-electron chi connectivity index (χ2n) is 5.85. The molecule has 24 heavy (non-hydrogen) atoms. The van der Waals surface area contributed by atoms with E-state index in [1.165, 1.54) is 0 Å². The topological polar surface area (TPSA) is 57.0 Å². The average molecular weight is 315 g/mol. The van der Waals surface area contributed by atoms with Crippen LogP contribution in [0.15, 0.2) is 60.8 Å². The molecule has 0 aliphatic rings. The second-order valence-corrected chi connectivity index (χ2v) is 5.85. The molecule has 0 saturated heterocycles. The van der Waals surface area contributed by atoms with Gasteiger partial charge in [0.2, 0.25) is 0 Å². The van der Waals surface area contributed by atoms with Crippen LogP contribution in [0.2, 0.25) is 0 Å². The zero-order valence-corrected chi connectivity index (χ0v) is 13.6. The van der Waals surface area contributed by atoms with Crippen molar-refractivity contribution < 1.29 is 4.79 Å². The first-order valence-corrected chi connectivity index (χ1v) is 7.78. The summed E-state index contributed by atoms with van der Waals surface area (Å²) in [6.07, 6.45) is 1.72. The first kappa shape index (κ1) is 15.7. The second kappa shape index (κ2) is 6.51. The first-order chi connectivity index (χ1) is 11.6. The highest BCUT2D eigenvalue weighted by atomic mass is 16.2. The van der Waals surface area contributed by atoms with Crippen molar-refractivity contribution in [2.45, 2.75) is 19.9 Å². The van der Waals surface area contributed by atoms with Gasteiger partial charge in [0.25, 0.3) is 5.91 Å². The molecule has 4 heteroatoms. The molecule has 0 N–H and O–H groups in total. The summed E-state index contributed by atoms with van der Waals surface area (Å²) < 4.78 is 0. The summed E-state index contributed by atoms with van der Waals surface area (Å²) in [5.74, 6) is -0.140. The van der Waals surface area contributed by atoms with Crippen LogP contribution in [0.5, 0.6) is 0 Å². The summed E-state index contributed by atoms with van der Waals surface area (Å²) in [7, 11) is 0. The molecule has 0 spiro atoms. The van der Waals surface area contributed by atoms with Crippen LogP contribution >= 0.6 is 0 Å². The van der Waals surface area contributed by atoms with Gasteiger partial charge in [-0.3, -0.25) is 9.78 Å². The van der Waals surface area contributed by atoms with Crippen molar-refractivity contribution in [1.82, 2.24) is 4.98 Å². The van der Waals surface area contributed by atoms with Crippen molar-refractivity contribution in [2.75, 3.05) is 4.90 Å². The minimum atomic E-state index is -0.140. The lowest BCUT2D eigenvalue weighted by Crippen LogP contribution is -2.37. The van der Waals surface area contributed by atoms with Crippen LogP contribution in [-0.4, -0.2) is 16.9 Å². The Hall–Kier alpha value is -3.19. The number of para-hydroxylation sites is 1. The van der Waals surface area contributed by atoms with Crippen molar-refractivity contribution >= 4 is 22.5 Å². The predicted octanol–water partition coefficient (Wildman–Crippen LogP) is 4.16. The average Bonchev–Trinajstić information content (AvgIpc) is 2.61. The van der Waals surface area contributed by atoms with Crippen LogP contribution in [0.4, 0.5) is 5.69 Å². The van der Waals surface area contributed by atoms with E-state index in [9.17, 15) is 4.79 Å². The number of rotatable bonds is 3. The van der Waals surface area contributed by atoms with E-state index in [0.717, 1.165) is 16.6 Å². The van der Waals surface area contributed by atoms with Gasteiger partial charge >= 0.3 is 0 Å². The molecule has 4 nitrogen and oxygen atoms in total. The van der Waals surface area contributed by atoms with Gasteiger partial charge in [-0.2, -0.15) is 5.26 Å². The van der Waals surface area contributed by atoms with E-state index in [-0.39, 0.29) is 11.9 Å². The Bertz CT molecular complexity index is 941. The Labute approximate surface area is 141 Å². The van der Waals surface area contributed by atoms with Crippen molar-refractivity contribution in [3.05, 3.63) is 71.9 Å². The van der Waals surface area contributed by atoms with E-state index in [1.807, 2.05) is 44.2 Å². The number of aromatic nitrogens is 1. The number of amides is 1. The molecular formula is C20H17N3O. The molecule has 0 bridgehead atoms. The van der Waals surface area contributed by atoms with Gasteiger partial charge in [0, 0.05) is 17.0 Å². The number of carbonyl (C=O) groups is 1. The minimum absolute atomic E-state index is 0.0359. The summed E-state index contributed by atoms with van der Waals surface area (Å²) in [4.78, 5) is 19.1. The predicted molar refractivity (Wildman–Crippen MR) is 94.8 cm³/mol. The Kier molecular flexibility index (Phi) is 4.26. The lowest BCUT2D eigenvalue weighted by molar-refractivity contribution is 0.0980. The SMILES string of the molecule is CC(C)N(C(=O)c1cccc(C#N)c1)c1cnc2ccccc2c1. The number of nitriles is 1. The van der Waals surface area contributed by atoms with Gasteiger partial charge < -0.3 is 4.90 Å². The summed E-state index contributed by atoms with van der Waals surface area (Å²) in [5, 5.41) is 10.0. The number of carbonyl (C=O) groups excluding carboxylic acids is 1.